The van der Waals surface area contributed by atoms with Crippen molar-refractivity contribution in [2.75, 3.05) is 0 Å². The molecule has 2 nitrogen and oxygen atoms in total. The lowest BCUT2D eigenvalue weighted by molar-refractivity contribution is 0.105. The van der Waals surface area contributed by atoms with Crippen LogP contribution in [0.15, 0.2) is 11.4 Å². The van der Waals surface area contributed by atoms with Crippen molar-refractivity contribution in [1.29, 1.82) is 0 Å². The van der Waals surface area contributed by atoms with E-state index in [2.05, 4.69) is 0 Å². The number of aliphatic hydroxyl groups excluding tert-OH is 1. The number of halogens is 1. The van der Waals surface area contributed by atoms with E-state index in [0.29, 0.717) is 9.90 Å². The largest absolute Gasteiger partial charge is 0.386 e. The zero-order valence-electron chi connectivity index (χ0n) is 7.04. The summed E-state index contributed by atoms with van der Waals surface area (Å²) in [6, 6.07) is 1.80. The zero-order valence-corrected chi connectivity index (χ0v) is 8.62. The van der Waals surface area contributed by atoms with E-state index in [9.17, 15) is 5.11 Å². The molecule has 1 aromatic rings. The van der Waals surface area contributed by atoms with Gasteiger partial charge in [-0.1, -0.05) is 11.6 Å². The summed E-state index contributed by atoms with van der Waals surface area (Å²) in [4.78, 5) is 0. The Kier molecular flexibility index (Phi) is 2.78. The molecule has 0 amide bonds. The lowest BCUT2D eigenvalue weighted by Gasteiger charge is -2.25. The molecular formula is C8H12ClNOS. The van der Waals surface area contributed by atoms with E-state index in [0.717, 1.165) is 0 Å². The molecular weight excluding hydrogens is 194 g/mol. The molecule has 1 aromatic heterocycles. The summed E-state index contributed by atoms with van der Waals surface area (Å²) in [5, 5.41) is 11.6. The first-order valence-corrected chi connectivity index (χ1v) is 4.88. The molecule has 4 heteroatoms. The molecule has 0 aliphatic heterocycles. The fourth-order valence-corrected chi connectivity index (χ4v) is 1.87. The van der Waals surface area contributed by atoms with Gasteiger partial charge in [0.05, 0.1) is 10.4 Å². The Bertz CT molecular complexity index is 266. The summed E-state index contributed by atoms with van der Waals surface area (Å²) in [5.41, 5.74) is 5.80. The molecule has 0 spiro atoms. The highest BCUT2D eigenvalue weighted by atomic mass is 35.5. The average molecular weight is 206 g/mol. The van der Waals surface area contributed by atoms with E-state index in [1.54, 1.807) is 19.9 Å². The molecule has 1 atom stereocenters. The van der Waals surface area contributed by atoms with Gasteiger partial charge in [-0.2, -0.15) is 0 Å². The summed E-state index contributed by atoms with van der Waals surface area (Å²) in [7, 11) is 0. The first kappa shape index (κ1) is 9.99. The Hall–Kier alpha value is -0.0900. The molecule has 0 aliphatic rings. The highest BCUT2D eigenvalue weighted by molar-refractivity contribution is 7.14. The van der Waals surface area contributed by atoms with Crippen molar-refractivity contribution < 1.29 is 5.11 Å². The summed E-state index contributed by atoms with van der Waals surface area (Å²) < 4.78 is 0.612. The number of rotatable bonds is 2. The van der Waals surface area contributed by atoms with Crippen LogP contribution < -0.4 is 5.73 Å². The smallest absolute Gasteiger partial charge is 0.0987 e. The molecule has 1 heterocycles. The van der Waals surface area contributed by atoms with Gasteiger partial charge in [0.25, 0.3) is 0 Å². The molecule has 12 heavy (non-hydrogen) atoms. The number of nitrogens with two attached hydrogens (primary N) is 1. The number of hydrogen-bond donors (Lipinski definition) is 2. The van der Waals surface area contributed by atoms with Crippen molar-refractivity contribution in [2.24, 2.45) is 5.73 Å². The van der Waals surface area contributed by atoms with Crippen molar-refractivity contribution in [3.8, 4) is 0 Å². The maximum atomic E-state index is 9.72. The first-order valence-electron chi connectivity index (χ1n) is 3.63. The van der Waals surface area contributed by atoms with Crippen LogP contribution in [-0.4, -0.2) is 10.6 Å². The van der Waals surface area contributed by atoms with Gasteiger partial charge >= 0.3 is 0 Å². The third kappa shape index (κ3) is 1.98. The molecule has 68 valence electrons. The topological polar surface area (TPSA) is 46.2 Å². The van der Waals surface area contributed by atoms with E-state index in [1.807, 2.05) is 5.38 Å². The summed E-state index contributed by atoms with van der Waals surface area (Å²) >= 11 is 7.24. The minimum Gasteiger partial charge on any atom is -0.386 e. The molecule has 0 bridgehead atoms. The van der Waals surface area contributed by atoms with Gasteiger partial charge in [-0.3, -0.25) is 0 Å². The molecule has 0 radical (unpaired) electrons. The fraction of sp³-hybridized carbons (Fsp3) is 0.500. The molecule has 1 rings (SSSR count). The third-order valence-corrected chi connectivity index (χ3v) is 2.85. The quantitative estimate of drug-likeness (QED) is 0.778. The van der Waals surface area contributed by atoms with Gasteiger partial charge in [0.1, 0.15) is 0 Å². The van der Waals surface area contributed by atoms with E-state index in [4.69, 9.17) is 17.3 Å². The second-order valence-corrected chi connectivity index (χ2v) is 4.89. The van der Waals surface area contributed by atoms with Crippen LogP contribution in [0.3, 0.4) is 0 Å². The van der Waals surface area contributed by atoms with Crippen molar-refractivity contribution in [3.05, 3.63) is 21.3 Å². The van der Waals surface area contributed by atoms with E-state index < -0.39 is 11.6 Å². The van der Waals surface area contributed by atoms with Gasteiger partial charge in [-0.05, 0) is 25.3 Å². The highest BCUT2D eigenvalue weighted by Crippen LogP contribution is 2.32. The summed E-state index contributed by atoms with van der Waals surface area (Å²) in [6.07, 6.45) is -0.698. The van der Waals surface area contributed by atoms with Crippen LogP contribution in [-0.2, 0) is 0 Å². The van der Waals surface area contributed by atoms with Crippen LogP contribution in [0.1, 0.15) is 25.5 Å². The van der Waals surface area contributed by atoms with Gasteiger partial charge < -0.3 is 10.8 Å². The van der Waals surface area contributed by atoms with Crippen molar-refractivity contribution in [3.63, 3.8) is 0 Å². The monoisotopic (exact) mass is 205 g/mol. The van der Waals surface area contributed by atoms with Crippen LogP contribution in [0.4, 0.5) is 0 Å². The number of hydrogen-bond acceptors (Lipinski definition) is 3. The predicted octanol–water partition coefficient (Wildman–Crippen LogP) is 2.17. The summed E-state index contributed by atoms with van der Waals surface area (Å²) in [6.45, 7) is 3.54. The van der Waals surface area contributed by atoms with Crippen LogP contribution >= 0.6 is 22.9 Å². The highest BCUT2D eigenvalue weighted by Gasteiger charge is 2.26. The van der Waals surface area contributed by atoms with E-state index >= 15 is 0 Å². The molecule has 0 saturated carbocycles. The minimum absolute atomic E-state index is 0.612. The van der Waals surface area contributed by atoms with Crippen molar-refractivity contribution in [2.45, 2.75) is 25.5 Å². The standard InChI is InChI=1S/C8H12ClNOS/c1-8(2,10)6(11)5-3-4-12-7(5)9/h3-4,6,11H,10H2,1-2H3. The van der Waals surface area contributed by atoms with E-state index in [-0.39, 0.29) is 0 Å². The molecule has 0 saturated heterocycles. The molecule has 1 unspecified atom stereocenters. The fourth-order valence-electron chi connectivity index (χ4n) is 0.900. The third-order valence-electron chi connectivity index (χ3n) is 1.65. The van der Waals surface area contributed by atoms with E-state index in [1.165, 1.54) is 11.3 Å². The number of aliphatic hydroxyl groups is 1. The zero-order chi connectivity index (χ0) is 9.35. The van der Waals surface area contributed by atoms with Gasteiger partial charge in [-0.15, -0.1) is 11.3 Å². The maximum Gasteiger partial charge on any atom is 0.0987 e. The Morgan fingerprint density at radius 1 is 1.67 bits per heavy atom. The predicted molar refractivity (Wildman–Crippen MR) is 52.6 cm³/mol. The normalized spacial score (nSPS) is 14.8. The van der Waals surface area contributed by atoms with Gasteiger partial charge in [0.2, 0.25) is 0 Å². The second-order valence-electron chi connectivity index (χ2n) is 3.37. The first-order chi connectivity index (χ1) is 5.43. The lowest BCUT2D eigenvalue weighted by atomic mass is 9.94. The van der Waals surface area contributed by atoms with Crippen molar-refractivity contribution in [1.82, 2.24) is 0 Å². The molecule has 0 fully saturated rings. The van der Waals surface area contributed by atoms with Crippen LogP contribution in [0.25, 0.3) is 0 Å². The molecule has 0 aliphatic carbocycles. The van der Waals surface area contributed by atoms with Crippen LogP contribution in [0.2, 0.25) is 4.34 Å². The maximum absolute atomic E-state index is 9.72. The van der Waals surface area contributed by atoms with Gasteiger partial charge in [0.15, 0.2) is 0 Å². The van der Waals surface area contributed by atoms with Crippen LogP contribution in [0, 0.1) is 0 Å². The summed E-state index contributed by atoms with van der Waals surface area (Å²) in [5.74, 6) is 0. The Morgan fingerprint density at radius 2 is 2.25 bits per heavy atom. The van der Waals surface area contributed by atoms with Crippen LogP contribution in [0.5, 0.6) is 0 Å². The van der Waals surface area contributed by atoms with Gasteiger partial charge in [0, 0.05) is 11.1 Å². The molecule has 3 N–H and O–H groups in total. The Labute approximate surface area is 81.0 Å². The SMILES string of the molecule is CC(C)(N)C(O)c1ccsc1Cl. The Morgan fingerprint density at radius 3 is 2.58 bits per heavy atom. The second kappa shape index (κ2) is 3.34. The van der Waals surface area contributed by atoms with Gasteiger partial charge in [-0.25, -0.2) is 0 Å². The average Bonchev–Trinajstić information content (AvgIpc) is 2.31. The Balaban J connectivity index is 2.92. The minimum atomic E-state index is -0.698. The van der Waals surface area contributed by atoms with Crippen molar-refractivity contribution >= 4 is 22.9 Å². The molecule has 0 aromatic carbocycles. The lowest BCUT2D eigenvalue weighted by Crippen LogP contribution is -2.39. The number of thiophene rings is 1.